The minimum absolute atomic E-state index is 0.110. The zero-order valence-corrected chi connectivity index (χ0v) is 15.5. The second kappa shape index (κ2) is 5.29. The quantitative estimate of drug-likeness (QED) is 0.789. The van der Waals surface area contributed by atoms with Gasteiger partial charge in [0.25, 0.3) is 0 Å². The molecule has 1 N–H and O–H groups in total. The average molecular weight is 332 g/mol. The Kier molecular flexibility index (Phi) is 3.83. The number of carbonyl (C=O) groups is 2. The van der Waals surface area contributed by atoms with Crippen molar-refractivity contribution in [1.82, 2.24) is 0 Å². The highest BCUT2D eigenvalue weighted by Crippen LogP contribution is 2.63. The van der Waals surface area contributed by atoms with Crippen molar-refractivity contribution < 1.29 is 19.4 Å². The lowest BCUT2D eigenvalue weighted by molar-refractivity contribution is -0.120. The predicted octanol–water partition coefficient (Wildman–Crippen LogP) is 3.20. The summed E-state index contributed by atoms with van der Waals surface area (Å²) in [5.41, 5.74) is 0.678. The molecule has 3 rings (SSSR count). The fourth-order valence-corrected chi connectivity index (χ4v) is 5.60. The SMILES string of the molecule is COC1=C(C(C)C)C(=O)C2=C(C1=O)[C@@]1(C)CCCC(C)(C)[C@@H]1[C@@H]2O. The molecule has 132 valence electrons. The van der Waals surface area contributed by atoms with Gasteiger partial charge < -0.3 is 9.84 Å². The van der Waals surface area contributed by atoms with Crippen LogP contribution in [0.3, 0.4) is 0 Å². The smallest absolute Gasteiger partial charge is 0.225 e. The van der Waals surface area contributed by atoms with E-state index in [0.717, 1.165) is 19.3 Å². The molecule has 0 aliphatic heterocycles. The number of aliphatic hydroxyl groups is 1. The Hall–Kier alpha value is -1.42. The molecule has 0 amide bonds. The number of hydrogen-bond donors (Lipinski definition) is 1. The molecule has 0 spiro atoms. The monoisotopic (exact) mass is 332 g/mol. The molecule has 4 heteroatoms. The number of rotatable bonds is 2. The molecule has 0 aromatic heterocycles. The van der Waals surface area contributed by atoms with Crippen molar-refractivity contribution in [2.45, 2.75) is 60.0 Å². The number of fused-ring (bicyclic) bond motifs is 2. The lowest BCUT2D eigenvalue weighted by atomic mass is 9.55. The lowest BCUT2D eigenvalue weighted by Crippen LogP contribution is -2.46. The van der Waals surface area contributed by atoms with E-state index in [9.17, 15) is 14.7 Å². The van der Waals surface area contributed by atoms with Gasteiger partial charge >= 0.3 is 0 Å². The van der Waals surface area contributed by atoms with Crippen LogP contribution in [0.25, 0.3) is 0 Å². The third kappa shape index (κ3) is 2.01. The topological polar surface area (TPSA) is 63.6 Å². The van der Waals surface area contributed by atoms with Crippen LogP contribution in [0.1, 0.15) is 53.9 Å². The molecule has 0 aromatic carbocycles. The maximum atomic E-state index is 13.2. The number of Topliss-reactive ketones (excluding diaryl/α,β-unsaturated/α-hetero) is 2. The standard InChI is InChI=1S/C20H28O4/c1-10(2)11-14(21)12-13(16(23)17(11)24-6)20(5)9-7-8-19(3,4)18(20)15(12)22/h10,15,18,22H,7-9H2,1-6H3/t15-,18+,20-/m1/s1. The minimum Gasteiger partial charge on any atom is -0.492 e. The first kappa shape index (κ1) is 17.4. The average Bonchev–Trinajstić information content (AvgIpc) is 2.71. The molecule has 1 saturated carbocycles. The van der Waals surface area contributed by atoms with Crippen LogP contribution in [0, 0.1) is 22.7 Å². The van der Waals surface area contributed by atoms with Crippen LogP contribution in [0.5, 0.6) is 0 Å². The van der Waals surface area contributed by atoms with Gasteiger partial charge in [0.05, 0.1) is 13.2 Å². The predicted molar refractivity (Wildman–Crippen MR) is 91.1 cm³/mol. The first-order valence-corrected chi connectivity index (χ1v) is 8.88. The molecule has 4 nitrogen and oxygen atoms in total. The van der Waals surface area contributed by atoms with Gasteiger partial charge in [0.2, 0.25) is 5.78 Å². The number of ether oxygens (including phenoxy) is 1. The molecule has 0 saturated heterocycles. The molecule has 0 bridgehead atoms. The van der Waals surface area contributed by atoms with Crippen molar-refractivity contribution in [3.05, 3.63) is 22.5 Å². The molecule has 1 fully saturated rings. The molecule has 0 radical (unpaired) electrons. The fraction of sp³-hybridized carbons (Fsp3) is 0.700. The summed E-state index contributed by atoms with van der Waals surface area (Å²) in [5.74, 6) is -0.457. The number of ketones is 2. The summed E-state index contributed by atoms with van der Waals surface area (Å²) < 4.78 is 5.36. The Bertz CT molecular complexity index is 680. The molecule has 3 aliphatic rings. The van der Waals surface area contributed by atoms with E-state index >= 15 is 0 Å². The molecular weight excluding hydrogens is 304 g/mol. The van der Waals surface area contributed by atoms with Crippen LogP contribution in [-0.2, 0) is 14.3 Å². The number of methoxy groups -OCH3 is 1. The summed E-state index contributed by atoms with van der Waals surface area (Å²) in [6, 6.07) is 0. The Balaban J connectivity index is 2.22. The Morgan fingerprint density at radius 3 is 2.29 bits per heavy atom. The van der Waals surface area contributed by atoms with E-state index in [0.29, 0.717) is 16.7 Å². The first-order chi connectivity index (χ1) is 11.1. The molecule has 3 aliphatic carbocycles. The Morgan fingerprint density at radius 2 is 1.75 bits per heavy atom. The van der Waals surface area contributed by atoms with Crippen LogP contribution < -0.4 is 0 Å². The van der Waals surface area contributed by atoms with Gasteiger partial charge in [-0.3, -0.25) is 9.59 Å². The van der Waals surface area contributed by atoms with Crippen LogP contribution in [0.4, 0.5) is 0 Å². The van der Waals surface area contributed by atoms with Gasteiger partial charge in [0.15, 0.2) is 11.5 Å². The van der Waals surface area contributed by atoms with Gasteiger partial charge in [0.1, 0.15) is 0 Å². The minimum atomic E-state index is -0.871. The Morgan fingerprint density at radius 1 is 1.12 bits per heavy atom. The maximum absolute atomic E-state index is 13.2. The van der Waals surface area contributed by atoms with Gasteiger partial charge in [0, 0.05) is 28.1 Å². The van der Waals surface area contributed by atoms with Crippen molar-refractivity contribution in [1.29, 1.82) is 0 Å². The van der Waals surface area contributed by atoms with Crippen molar-refractivity contribution in [2.75, 3.05) is 7.11 Å². The van der Waals surface area contributed by atoms with Crippen LogP contribution in [0.15, 0.2) is 22.5 Å². The van der Waals surface area contributed by atoms with Crippen molar-refractivity contribution in [3.8, 4) is 0 Å². The van der Waals surface area contributed by atoms with Crippen LogP contribution in [-0.4, -0.2) is 29.9 Å². The van der Waals surface area contributed by atoms with Crippen molar-refractivity contribution >= 4 is 11.6 Å². The van der Waals surface area contributed by atoms with E-state index in [1.54, 1.807) is 0 Å². The number of aliphatic hydroxyl groups excluding tert-OH is 1. The summed E-state index contributed by atoms with van der Waals surface area (Å²) in [4.78, 5) is 26.4. The second-order valence-corrected chi connectivity index (χ2v) is 8.73. The summed E-state index contributed by atoms with van der Waals surface area (Å²) in [5, 5.41) is 11.1. The van der Waals surface area contributed by atoms with Gasteiger partial charge in [-0.15, -0.1) is 0 Å². The van der Waals surface area contributed by atoms with Crippen molar-refractivity contribution in [3.63, 3.8) is 0 Å². The third-order valence-electron chi connectivity index (χ3n) is 6.45. The fourth-order valence-electron chi connectivity index (χ4n) is 5.60. The Labute approximate surface area is 144 Å². The molecule has 3 atom stereocenters. The lowest BCUT2D eigenvalue weighted by Gasteiger charge is -2.49. The van der Waals surface area contributed by atoms with E-state index in [1.807, 2.05) is 20.8 Å². The third-order valence-corrected chi connectivity index (χ3v) is 6.45. The number of carbonyl (C=O) groups excluding carboxylic acids is 2. The van der Waals surface area contributed by atoms with Gasteiger partial charge in [-0.25, -0.2) is 0 Å². The van der Waals surface area contributed by atoms with E-state index in [4.69, 9.17) is 4.74 Å². The van der Waals surface area contributed by atoms with Crippen LogP contribution in [0.2, 0.25) is 0 Å². The van der Waals surface area contributed by atoms with Gasteiger partial charge in [-0.2, -0.15) is 0 Å². The van der Waals surface area contributed by atoms with Gasteiger partial charge in [-0.05, 0) is 24.2 Å². The summed E-state index contributed by atoms with van der Waals surface area (Å²) in [7, 11) is 1.45. The number of hydrogen-bond acceptors (Lipinski definition) is 4. The zero-order chi connectivity index (χ0) is 18.0. The summed E-state index contributed by atoms with van der Waals surface area (Å²) >= 11 is 0. The van der Waals surface area contributed by atoms with E-state index in [-0.39, 0.29) is 34.6 Å². The van der Waals surface area contributed by atoms with E-state index in [2.05, 4.69) is 13.8 Å². The molecule has 24 heavy (non-hydrogen) atoms. The largest absolute Gasteiger partial charge is 0.492 e. The maximum Gasteiger partial charge on any atom is 0.225 e. The highest BCUT2D eigenvalue weighted by Gasteiger charge is 2.62. The second-order valence-electron chi connectivity index (χ2n) is 8.73. The number of allylic oxidation sites excluding steroid dienone is 2. The molecule has 0 aromatic rings. The highest BCUT2D eigenvalue weighted by atomic mass is 16.5. The van der Waals surface area contributed by atoms with Gasteiger partial charge in [-0.1, -0.05) is 41.0 Å². The highest BCUT2D eigenvalue weighted by molar-refractivity contribution is 6.26. The first-order valence-electron chi connectivity index (χ1n) is 8.88. The van der Waals surface area contributed by atoms with Crippen molar-refractivity contribution in [2.24, 2.45) is 22.7 Å². The summed E-state index contributed by atoms with van der Waals surface area (Å²) in [6.45, 7) is 10.1. The van der Waals surface area contributed by atoms with E-state index in [1.165, 1.54) is 7.11 Å². The molecule has 0 heterocycles. The van der Waals surface area contributed by atoms with E-state index < -0.39 is 11.5 Å². The summed E-state index contributed by atoms with van der Waals surface area (Å²) in [6.07, 6.45) is 1.94. The van der Waals surface area contributed by atoms with Crippen LogP contribution >= 0.6 is 0 Å². The molecular formula is C20H28O4. The zero-order valence-electron chi connectivity index (χ0n) is 15.5. The molecule has 0 unspecified atom stereocenters. The normalized spacial score (nSPS) is 35.5.